The van der Waals surface area contributed by atoms with Crippen LogP contribution in [-0.4, -0.2) is 30.1 Å². The van der Waals surface area contributed by atoms with Gasteiger partial charge in [0.15, 0.2) is 0 Å². The molecular weight excluding hydrogens is 236 g/mol. The van der Waals surface area contributed by atoms with E-state index in [-0.39, 0.29) is 0 Å². The van der Waals surface area contributed by atoms with E-state index >= 15 is 0 Å². The Bertz CT molecular complexity index is 436. The van der Waals surface area contributed by atoms with E-state index in [2.05, 4.69) is 43.0 Å². The fourth-order valence-electron chi connectivity index (χ4n) is 2.83. The van der Waals surface area contributed by atoms with Crippen LogP contribution in [0.25, 0.3) is 0 Å². The lowest BCUT2D eigenvalue weighted by molar-refractivity contribution is 0.638. The molecule has 106 valence electrons. The number of rotatable bonds is 4. The monoisotopic (exact) mass is 262 g/mol. The molecule has 1 heterocycles. The van der Waals surface area contributed by atoms with Gasteiger partial charge in [-0.25, -0.2) is 9.97 Å². The summed E-state index contributed by atoms with van der Waals surface area (Å²) in [6, 6.07) is 0.637. The molecule has 1 aliphatic rings. The summed E-state index contributed by atoms with van der Waals surface area (Å²) in [5.74, 6) is 3.33. The topological polar surface area (TPSA) is 41.1 Å². The molecule has 0 aromatic carbocycles. The summed E-state index contributed by atoms with van der Waals surface area (Å²) in [6.07, 6.45) is 5.25. The van der Waals surface area contributed by atoms with Crippen LogP contribution >= 0.6 is 0 Å². The van der Waals surface area contributed by atoms with Crippen molar-refractivity contribution >= 4 is 11.6 Å². The molecule has 0 spiro atoms. The Kier molecular flexibility index (Phi) is 4.27. The minimum atomic E-state index is 0.350. The van der Waals surface area contributed by atoms with E-state index in [1.54, 1.807) is 0 Å². The van der Waals surface area contributed by atoms with Crippen LogP contribution in [0.1, 0.15) is 56.8 Å². The second kappa shape index (κ2) is 5.76. The summed E-state index contributed by atoms with van der Waals surface area (Å²) in [5.41, 5.74) is 1.15. The predicted molar refractivity (Wildman–Crippen MR) is 81.1 cm³/mol. The Morgan fingerprint density at radius 3 is 2.37 bits per heavy atom. The molecule has 0 amide bonds. The zero-order valence-corrected chi connectivity index (χ0v) is 12.8. The highest BCUT2D eigenvalue weighted by Crippen LogP contribution is 2.30. The van der Waals surface area contributed by atoms with Gasteiger partial charge in [0, 0.05) is 31.6 Å². The molecular formula is C15H26N4. The highest BCUT2D eigenvalue weighted by atomic mass is 15.2. The molecule has 0 aliphatic heterocycles. The molecule has 4 nitrogen and oxygen atoms in total. The minimum absolute atomic E-state index is 0.350. The number of aromatic nitrogens is 2. The minimum Gasteiger partial charge on any atom is -0.373 e. The van der Waals surface area contributed by atoms with Gasteiger partial charge in [-0.3, -0.25) is 0 Å². The molecule has 1 N–H and O–H groups in total. The van der Waals surface area contributed by atoms with E-state index in [1.165, 1.54) is 25.7 Å². The fourth-order valence-corrected chi connectivity index (χ4v) is 2.83. The molecule has 0 unspecified atom stereocenters. The van der Waals surface area contributed by atoms with Gasteiger partial charge in [0.1, 0.15) is 17.5 Å². The van der Waals surface area contributed by atoms with Crippen molar-refractivity contribution in [1.29, 1.82) is 0 Å². The first-order valence-corrected chi connectivity index (χ1v) is 7.33. The summed E-state index contributed by atoms with van der Waals surface area (Å²) in [6.45, 7) is 6.39. The van der Waals surface area contributed by atoms with Crippen LogP contribution in [0.15, 0.2) is 0 Å². The quantitative estimate of drug-likeness (QED) is 0.903. The molecule has 0 saturated heterocycles. The van der Waals surface area contributed by atoms with Crippen molar-refractivity contribution in [3.8, 4) is 0 Å². The van der Waals surface area contributed by atoms with E-state index in [0.717, 1.165) is 23.0 Å². The first kappa shape index (κ1) is 14.1. The van der Waals surface area contributed by atoms with E-state index in [9.17, 15) is 0 Å². The maximum Gasteiger partial charge on any atom is 0.137 e. The lowest BCUT2D eigenvalue weighted by atomic mass is 10.1. The molecule has 0 radical (unpaired) electrons. The number of nitrogens with zero attached hydrogens (tertiary/aromatic N) is 3. The second-order valence-electron chi connectivity index (χ2n) is 5.83. The molecule has 1 aromatic rings. The third-order valence-corrected chi connectivity index (χ3v) is 4.10. The van der Waals surface area contributed by atoms with Crippen LogP contribution < -0.4 is 10.2 Å². The predicted octanol–water partition coefficient (Wildman–Crippen LogP) is 3.33. The Hall–Kier alpha value is -1.32. The van der Waals surface area contributed by atoms with Crippen LogP contribution in [0.3, 0.4) is 0 Å². The van der Waals surface area contributed by atoms with Crippen molar-refractivity contribution in [2.45, 2.75) is 58.4 Å². The Morgan fingerprint density at radius 1 is 1.21 bits per heavy atom. The molecule has 1 aliphatic carbocycles. The maximum atomic E-state index is 4.80. The van der Waals surface area contributed by atoms with Gasteiger partial charge in [0.25, 0.3) is 0 Å². The van der Waals surface area contributed by atoms with Crippen LogP contribution in [0.2, 0.25) is 0 Å². The highest BCUT2D eigenvalue weighted by Gasteiger charge is 2.23. The molecule has 1 saturated carbocycles. The maximum absolute atomic E-state index is 4.80. The zero-order valence-electron chi connectivity index (χ0n) is 12.8. The van der Waals surface area contributed by atoms with E-state index < -0.39 is 0 Å². The van der Waals surface area contributed by atoms with Gasteiger partial charge < -0.3 is 10.2 Å². The van der Waals surface area contributed by atoms with Crippen molar-refractivity contribution < 1.29 is 0 Å². The van der Waals surface area contributed by atoms with Crippen LogP contribution in [0.5, 0.6) is 0 Å². The van der Waals surface area contributed by atoms with Gasteiger partial charge in [0.2, 0.25) is 0 Å². The van der Waals surface area contributed by atoms with Gasteiger partial charge >= 0.3 is 0 Å². The molecule has 0 atom stereocenters. The largest absolute Gasteiger partial charge is 0.373 e. The van der Waals surface area contributed by atoms with Crippen molar-refractivity contribution in [2.24, 2.45) is 0 Å². The van der Waals surface area contributed by atoms with Gasteiger partial charge in [-0.2, -0.15) is 0 Å². The fraction of sp³-hybridized carbons (Fsp3) is 0.733. The van der Waals surface area contributed by atoms with E-state index in [0.29, 0.717) is 12.0 Å². The van der Waals surface area contributed by atoms with Crippen molar-refractivity contribution in [2.75, 3.05) is 24.3 Å². The molecule has 1 aromatic heterocycles. The Morgan fingerprint density at radius 2 is 1.84 bits per heavy atom. The third-order valence-electron chi connectivity index (χ3n) is 4.10. The Balaban J connectivity index is 2.39. The first-order chi connectivity index (χ1) is 9.04. The normalized spacial score (nSPS) is 16.1. The highest BCUT2D eigenvalue weighted by molar-refractivity contribution is 5.58. The summed E-state index contributed by atoms with van der Waals surface area (Å²) >= 11 is 0. The standard InChI is InChI=1S/C15H26N4/c1-10(2)13-17-14(16-4)11(3)15(18-13)19(5)12-8-6-7-9-12/h10,12H,6-9H2,1-5H3,(H,16,17,18). The van der Waals surface area contributed by atoms with Crippen molar-refractivity contribution in [3.63, 3.8) is 0 Å². The van der Waals surface area contributed by atoms with Crippen molar-refractivity contribution in [1.82, 2.24) is 9.97 Å². The smallest absolute Gasteiger partial charge is 0.137 e. The van der Waals surface area contributed by atoms with Crippen LogP contribution in [0, 0.1) is 6.92 Å². The second-order valence-corrected chi connectivity index (χ2v) is 5.83. The van der Waals surface area contributed by atoms with Gasteiger partial charge in [-0.15, -0.1) is 0 Å². The molecule has 19 heavy (non-hydrogen) atoms. The number of anilines is 2. The average molecular weight is 262 g/mol. The summed E-state index contributed by atoms with van der Waals surface area (Å²) < 4.78 is 0. The van der Waals surface area contributed by atoms with Crippen molar-refractivity contribution in [3.05, 3.63) is 11.4 Å². The first-order valence-electron chi connectivity index (χ1n) is 7.33. The third kappa shape index (κ3) is 2.82. The lowest BCUT2D eigenvalue weighted by Crippen LogP contribution is -2.31. The number of hydrogen-bond acceptors (Lipinski definition) is 4. The summed E-state index contributed by atoms with van der Waals surface area (Å²) in [7, 11) is 4.10. The number of hydrogen-bond donors (Lipinski definition) is 1. The lowest BCUT2D eigenvalue weighted by Gasteiger charge is -2.28. The molecule has 4 heteroatoms. The van der Waals surface area contributed by atoms with Gasteiger partial charge in [-0.1, -0.05) is 26.7 Å². The molecule has 1 fully saturated rings. The number of nitrogens with one attached hydrogen (secondary N) is 1. The zero-order chi connectivity index (χ0) is 14.0. The molecule has 0 bridgehead atoms. The summed E-state index contributed by atoms with van der Waals surface area (Å²) in [5, 5.41) is 3.20. The van der Waals surface area contributed by atoms with E-state index in [4.69, 9.17) is 4.98 Å². The summed E-state index contributed by atoms with van der Waals surface area (Å²) in [4.78, 5) is 11.8. The van der Waals surface area contributed by atoms with Gasteiger partial charge in [-0.05, 0) is 19.8 Å². The van der Waals surface area contributed by atoms with Gasteiger partial charge in [0.05, 0.1) is 0 Å². The average Bonchev–Trinajstić information content (AvgIpc) is 2.91. The van der Waals surface area contributed by atoms with Crippen LogP contribution in [0.4, 0.5) is 11.6 Å². The SMILES string of the molecule is CNc1nc(C(C)C)nc(N(C)C2CCCC2)c1C. The molecule has 2 rings (SSSR count). The van der Waals surface area contributed by atoms with Crippen LogP contribution in [-0.2, 0) is 0 Å². The van der Waals surface area contributed by atoms with E-state index in [1.807, 2.05) is 7.05 Å². The Labute approximate surface area is 116 Å².